The molecule has 3 nitrogen and oxygen atoms in total. The van der Waals surface area contributed by atoms with Crippen molar-refractivity contribution >= 4 is 16.9 Å². The molecule has 1 N–H and O–H groups in total. The lowest BCUT2D eigenvalue weighted by Gasteiger charge is -2.16. The lowest BCUT2D eigenvalue weighted by Crippen LogP contribution is -2.15. The highest BCUT2D eigenvalue weighted by molar-refractivity contribution is 8.14. The molecule has 1 aromatic carbocycles. The first-order valence-electron chi connectivity index (χ1n) is 6.89. The predicted octanol–water partition coefficient (Wildman–Crippen LogP) is 3.05. The molecule has 1 unspecified atom stereocenters. The standard InChI is InChI=1S/C16H16FN3S/c17-14-3-1-2-13(10-14)15(12-4-6-18-7-5-12)11-20-16-19-8-9-21-16/h1-7,10,15H,8-9,11H2,(H,19,20). The van der Waals surface area contributed by atoms with Crippen LogP contribution in [0.4, 0.5) is 4.39 Å². The van der Waals surface area contributed by atoms with E-state index in [2.05, 4.69) is 15.3 Å². The molecule has 1 fully saturated rings. The summed E-state index contributed by atoms with van der Waals surface area (Å²) in [5, 5.41) is 4.23. The van der Waals surface area contributed by atoms with E-state index in [9.17, 15) is 4.39 Å². The van der Waals surface area contributed by atoms with Crippen molar-refractivity contribution in [3.05, 3.63) is 65.7 Å². The molecule has 0 aliphatic carbocycles. The van der Waals surface area contributed by atoms with Gasteiger partial charge in [-0.15, -0.1) is 0 Å². The van der Waals surface area contributed by atoms with Crippen molar-refractivity contribution in [3.63, 3.8) is 0 Å². The molecule has 0 spiro atoms. The van der Waals surface area contributed by atoms with Gasteiger partial charge in [-0.25, -0.2) is 4.39 Å². The summed E-state index contributed by atoms with van der Waals surface area (Å²) in [6.45, 7) is 1.56. The predicted molar refractivity (Wildman–Crippen MR) is 85.2 cm³/mol. The largest absolute Gasteiger partial charge is 0.364 e. The topological polar surface area (TPSA) is 37.3 Å². The smallest absolute Gasteiger partial charge is 0.156 e. The molecule has 2 heterocycles. The van der Waals surface area contributed by atoms with E-state index in [4.69, 9.17) is 0 Å². The lowest BCUT2D eigenvalue weighted by molar-refractivity contribution is 0.623. The third-order valence-electron chi connectivity index (χ3n) is 3.39. The number of halogens is 1. The molecule has 1 saturated heterocycles. The molecule has 108 valence electrons. The van der Waals surface area contributed by atoms with Crippen molar-refractivity contribution in [2.45, 2.75) is 5.92 Å². The molecule has 1 aliphatic rings. The average molecular weight is 301 g/mol. The van der Waals surface area contributed by atoms with Crippen LogP contribution < -0.4 is 5.32 Å². The van der Waals surface area contributed by atoms with Gasteiger partial charge in [0, 0.05) is 30.6 Å². The van der Waals surface area contributed by atoms with Gasteiger partial charge in [0.15, 0.2) is 5.17 Å². The summed E-state index contributed by atoms with van der Waals surface area (Å²) >= 11 is 1.73. The molecule has 0 saturated carbocycles. The zero-order valence-corrected chi connectivity index (χ0v) is 12.3. The second-order valence-corrected chi connectivity index (χ2v) is 5.89. The third-order valence-corrected chi connectivity index (χ3v) is 4.35. The Morgan fingerprint density at radius 2 is 2.10 bits per heavy atom. The number of hydrogen-bond acceptors (Lipinski definition) is 3. The number of rotatable bonds is 4. The molecule has 0 radical (unpaired) electrons. The van der Waals surface area contributed by atoms with Gasteiger partial charge >= 0.3 is 0 Å². The summed E-state index contributed by atoms with van der Waals surface area (Å²) in [4.78, 5) is 8.68. The summed E-state index contributed by atoms with van der Waals surface area (Å²) < 4.78 is 13.5. The van der Waals surface area contributed by atoms with Crippen LogP contribution in [0.2, 0.25) is 0 Å². The number of nitrogens with zero attached hydrogens (tertiary/aromatic N) is 2. The molecule has 21 heavy (non-hydrogen) atoms. The van der Waals surface area contributed by atoms with E-state index in [-0.39, 0.29) is 11.7 Å². The van der Waals surface area contributed by atoms with Gasteiger partial charge in [-0.3, -0.25) is 9.98 Å². The Bertz CT molecular complexity index is 622. The average Bonchev–Trinajstić information content (AvgIpc) is 3.02. The van der Waals surface area contributed by atoms with Crippen LogP contribution in [0, 0.1) is 5.82 Å². The lowest BCUT2D eigenvalue weighted by atomic mass is 9.92. The minimum Gasteiger partial charge on any atom is -0.364 e. The Balaban J connectivity index is 1.89. The number of hydrogen-bond donors (Lipinski definition) is 1. The van der Waals surface area contributed by atoms with E-state index in [0.29, 0.717) is 6.54 Å². The van der Waals surface area contributed by atoms with Gasteiger partial charge in [-0.1, -0.05) is 23.9 Å². The van der Waals surface area contributed by atoms with Crippen molar-refractivity contribution < 1.29 is 4.39 Å². The van der Waals surface area contributed by atoms with Gasteiger partial charge in [0.25, 0.3) is 0 Å². The maximum absolute atomic E-state index is 13.5. The molecule has 5 heteroatoms. The molecule has 0 bridgehead atoms. The Morgan fingerprint density at radius 1 is 1.24 bits per heavy atom. The summed E-state index contributed by atoms with van der Waals surface area (Å²) in [7, 11) is 0. The minimum atomic E-state index is -0.215. The van der Waals surface area contributed by atoms with Crippen LogP contribution in [0.25, 0.3) is 0 Å². The highest BCUT2D eigenvalue weighted by atomic mass is 32.2. The maximum Gasteiger partial charge on any atom is 0.156 e. The van der Waals surface area contributed by atoms with Crippen molar-refractivity contribution in [2.75, 3.05) is 18.8 Å². The van der Waals surface area contributed by atoms with Crippen LogP contribution in [0.5, 0.6) is 0 Å². The van der Waals surface area contributed by atoms with Crippen LogP contribution in [0.15, 0.2) is 53.8 Å². The molecule has 1 aliphatic heterocycles. The summed E-state index contributed by atoms with van der Waals surface area (Å²) in [6.07, 6.45) is 3.52. The van der Waals surface area contributed by atoms with Gasteiger partial charge in [0.05, 0.1) is 6.54 Å². The van der Waals surface area contributed by atoms with Crippen LogP contribution in [0.1, 0.15) is 17.0 Å². The summed E-state index contributed by atoms with van der Waals surface area (Å²) in [5.41, 5.74) is 2.04. The van der Waals surface area contributed by atoms with E-state index < -0.39 is 0 Å². The number of benzene rings is 1. The van der Waals surface area contributed by atoms with Crippen LogP contribution in [-0.4, -0.2) is 29.0 Å². The fourth-order valence-corrected chi connectivity index (χ4v) is 3.12. The van der Waals surface area contributed by atoms with Crippen molar-refractivity contribution in [2.24, 2.45) is 4.99 Å². The van der Waals surface area contributed by atoms with Gasteiger partial charge in [-0.05, 0) is 35.4 Å². The molecule has 2 aromatic rings. The number of thioether (sulfide) groups is 1. The van der Waals surface area contributed by atoms with Crippen molar-refractivity contribution in [1.82, 2.24) is 10.3 Å². The molecular formula is C16H16FN3S. The van der Waals surface area contributed by atoms with E-state index in [1.807, 2.05) is 18.2 Å². The first-order chi connectivity index (χ1) is 10.3. The maximum atomic E-state index is 13.5. The number of pyridine rings is 1. The number of aliphatic imine (C=N–C) groups is 1. The quantitative estimate of drug-likeness (QED) is 0.943. The second kappa shape index (κ2) is 6.72. The van der Waals surface area contributed by atoms with Gasteiger partial charge in [-0.2, -0.15) is 0 Å². The molecule has 1 atom stereocenters. The van der Waals surface area contributed by atoms with Crippen LogP contribution >= 0.6 is 11.8 Å². The Labute approximate surface area is 127 Å². The summed E-state index contributed by atoms with van der Waals surface area (Å²) in [5.74, 6) is 0.880. The molecular weight excluding hydrogens is 285 g/mol. The van der Waals surface area contributed by atoms with Crippen molar-refractivity contribution in [1.29, 1.82) is 0 Å². The van der Waals surface area contributed by atoms with Crippen LogP contribution in [-0.2, 0) is 0 Å². The minimum absolute atomic E-state index is 0.0409. The first kappa shape index (κ1) is 14.1. The number of aromatic nitrogens is 1. The molecule has 3 rings (SSSR count). The Hall–Kier alpha value is -1.88. The second-order valence-electron chi connectivity index (χ2n) is 4.81. The fraction of sp³-hybridized carbons (Fsp3) is 0.250. The zero-order chi connectivity index (χ0) is 14.5. The molecule has 0 amide bonds. The van der Waals surface area contributed by atoms with Gasteiger partial charge in [0.2, 0.25) is 0 Å². The molecule has 1 aromatic heterocycles. The number of nitrogens with one attached hydrogen (secondary N) is 1. The van der Waals surface area contributed by atoms with Crippen LogP contribution in [0.3, 0.4) is 0 Å². The first-order valence-corrected chi connectivity index (χ1v) is 7.88. The Morgan fingerprint density at radius 3 is 2.81 bits per heavy atom. The SMILES string of the molecule is Fc1cccc(C(CN=C2NCCS2)c2ccncc2)c1. The fourth-order valence-electron chi connectivity index (χ4n) is 2.35. The monoisotopic (exact) mass is 301 g/mol. The zero-order valence-electron chi connectivity index (χ0n) is 11.5. The van der Waals surface area contributed by atoms with E-state index in [1.165, 1.54) is 6.07 Å². The Kier molecular flexibility index (Phi) is 4.50. The van der Waals surface area contributed by atoms with Gasteiger partial charge < -0.3 is 5.32 Å². The van der Waals surface area contributed by atoms with Crippen molar-refractivity contribution in [3.8, 4) is 0 Å². The van der Waals surface area contributed by atoms with E-state index >= 15 is 0 Å². The highest BCUT2D eigenvalue weighted by Gasteiger charge is 2.16. The van der Waals surface area contributed by atoms with E-state index in [0.717, 1.165) is 28.6 Å². The third kappa shape index (κ3) is 3.61. The van der Waals surface area contributed by atoms with Gasteiger partial charge in [0.1, 0.15) is 5.82 Å². The highest BCUT2D eigenvalue weighted by Crippen LogP contribution is 2.25. The number of amidine groups is 1. The van der Waals surface area contributed by atoms with E-state index in [1.54, 1.807) is 36.3 Å². The summed E-state index contributed by atoms with van der Waals surface area (Å²) in [6, 6.07) is 10.7. The normalized spacial score (nSPS) is 17.7.